The minimum atomic E-state index is -0.617. The maximum Gasteiger partial charge on any atom is 0.0812 e. The summed E-state index contributed by atoms with van der Waals surface area (Å²) in [6.07, 6.45) is -0.269. The van der Waals surface area contributed by atoms with E-state index in [1.54, 1.807) is 24.3 Å². The highest BCUT2D eigenvalue weighted by molar-refractivity contribution is 6.30. The molecule has 0 aliphatic rings. The van der Waals surface area contributed by atoms with Crippen LogP contribution in [0.25, 0.3) is 0 Å². The molecule has 0 aliphatic carbocycles. The first kappa shape index (κ1) is 13.4. The Balaban J connectivity index is 0.000000791. The van der Waals surface area contributed by atoms with Crippen LogP contribution in [0.1, 0.15) is 31.9 Å². The van der Waals surface area contributed by atoms with Gasteiger partial charge in [-0.15, -0.1) is 0 Å². The van der Waals surface area contributed by atoms with Gasteiger partial charge < -0.3 is 10.2 Å². The molecule has 1 unspecified atom stereocenters. The molecule has 0 saturated carbocycles. The van der Waals surface area contributed by atoms with Crippen molar-refractivity contribution in [2.75, 3.05) is 6.61 Å². The lowest BCUT2D eigenvalue weighted by Crippen LogP contribution is -1.99. The maximum absolute atomic E-state index is 9.43. The summed E-state index contributed by atoms with van der Waals surface area (Å²) in [6, 6.07) is 7.00. The average Bonchev–Trinajstić information content (AvgIpc) is 2.21. The first-order valence-electron chi connectivity index (χ1n) is 4.78. The second kappa shape index (κ2) is 7.80. The standard InChI is InChI=1S/C9H11ClO2.C2H6/c10-8-3-1-2-7(6-8)9(12)4-5-11;1-2/h1-3,6,9,11-12H,4-5H2;1-2H3. The van der Waals surface area contributed by atoms with Crippen molar-refractivity contribution in [1.82, 2.24) is 0 Å². The molecule has 1 aromatic carbocycles. The Bertz CT molecular complexity index is 251. The number of halogens is 1. The summed E-state index contributed by atoms with van der Waals surface area (Å²) in [7, 11) is 0. The van der Waals surface area contributed by atoms with Gasteiger partial charge in [-0.05, 0) is 17.7 Å². The van der Waals surface area contributed by atoms with E-state index in [-0.39, 0.29) is 6.61 Å². The van der Waals surface area contributed by atoms with Crippen molar-refractivity contribution in [3.63, 3.8) is 0 Å². The molecule has 3 heteroatoms. The highest BCUT2D eigenvalue weighted by atomic mass is 35.5. The van der Waals surface area contributed by atoms with Crippen LogP contribution in [-0.2, 0) is 0 Å². The number of hydrogen-bond acceptors (Lipinski definition) is 2. The molecule has 0 spiro atoms. The summed E-state index contributed by atoms with van der Waals surface area (Å²) in [5.41, 5.74) is 0.747. The molecule has 0 aromatic heterocycles. The Morgan fingerprint density at radius 3 is 2.50 bits per heavy atom. The molecule has 0 amide bonds. The minimum Gasteiger partial charge on any atom is -0.396 e. The van der Waals surface area contributed by atoms with Crippen molar-refractivity contribution < 1.29 is 10.2 Å². The van der Waals surface area contributed by atoms with Crippen LogP contribution < -0.4 is 0 Å². The van der Waals surface area contributed by atoms with Crippen molar-refractivity contribution in [2.24, 2.45) is 0 Å². The number of aliphatic hydroxyl groups is 2. The van der Waals surface area contributed by atoms with Crippen molar-refractivity contribution in [3.8, 4) is 0 Å². The van der Waals surface area contributed by atoms with Crippen LogP contribution in [0.3, 0.4) is 0 Å². The second-order valence-electron chi connectivity index (χ2n) is 2.58. The van der Waals surface area contributed by atoms with Gasteiger partial charge in [0, 0.05) is 18.1 Å². The fourth-order valence-electron chi connectivity index (χ4n) is 1.00. The van der Waals surface area contributed by atoms with Gasteiger partial charge in [0.15, 0.2) is 0 Å². The molecular weight excluding hydrogens is 200 g/mol. The summed E-state index contributed by atoms with van der Waals surface area (Å²) in [5.74, 6) is 0. The van der Waals surface area contributed by atoms with Crippen molar-refractivity contribution in [3.05, 3.63) is 34.9 Å². The first-order chi connectivity index (χ1) is 6.74. The molecule has 14 heavy (non-hydrogen) atoms. The fraction of sp³-hybridized carbons (Fsp3) is 0.455. The second-order valence-corrected chi connectivity index (χ2v) is 3.02. The molecule has 0 saturated heterocycles. The van der Waals surface area contributed by atoms with E-state index in [0.717, 1.165) is 5.56 Å². The topological polar surface area (TPSA) is 40.5 Å². The van der Waals surface area contributed by atoms with Gasteiger partial charge in [-0.1, -0.05) is 37.6 Å². The van der Waals surface area contributed by atoms with Crippen LogP contribution in [0.2, 0.25) is 5.02 Å². The molecule has 1 aromatic rings. The molecule has 0 bridgehead atoms. The lowest BCUT2D eigenvalue weighted by molar-refractivity contribution is 0.134. The van der Waals surface area contributed by atoms with Gasteiger partial charge >= 0.3 is 0 Å². The molecule has 1 rings (SSSR count). The van der Waals surface area contributed by atoms with Crippen molar-refractivity contribution >= 4 is 11.6 Å². The first-order valence-corrected chi connectivity index (χ1v) is 5.16. The van der Waals surface area contributed by atoms with Gasteiger partial charge in [-0.2, -0.15) is 0 Å². The van der Waals surface area contributed by atoms with E-state index in [0.29, 0.717) is 11.4 Å². The lowest BCUT2D eigenvalue weighted by atomic mass is 10.1. The quantitative estimate of drug-likeness (QED) is 0.816. The minimum absolute atomic E-state index is 0.0202. The summed E-state index contributed by atoms with van der Waals surface area (Å²) in [6.45, 7) is 3.98. The summed E-state index contributed by atoms with van der Waals surface area (Å²) < 4.78 is 0. The predicted molar refractivity (Wildman–Crippen MR) is 59.5 cm³/mol. The summed E-state index contributed by atoms with van der Waals surface area (Å²) in [5, 5.41) is 18.6. The van der Waals surface area contributed by atoms with Gasteiger partial charge in [0.2, 0.25) is 0 Å². The largest absolute Gasteiger partial charge is 0.396 e. The summed E-state index contributed by atoms with van der Waals surface area (Å²) in [4.78, 5) is 0. The van der Waals surface area contributed by atoms with Gasteiger partial charge in [-0.3, -0.25) is 0 Å². The Hall–Kier alpha value is -0.570. The van der Waals surface area contributed by atoms with E-state index in [4.69, 9.17) is 16.7 Å². The Kier molecular flexibility index (Phi) is 7.48. The number of rotatable bonds is 3. The zero-order chi connectivity index (χ0) is 11.0. The predicted octanol–water partition coefficient (Wildman–Crippen LogP) is 2.78. The van der Waals surface area contributed by atoms with Crippen LogP contribution in [0.4, 0.5) is 0 Å². The fourth-order valence-corrected chi connectivity index (χ4v) is 1.20. The molecule has 2 nitrogen and oxygen atoms in total. The van der Waals surface area contributed by atoms with Crippen LogP contribution in [-0.4, -0.2) is 16.8 Å². The zero-order valence-corrected chi connectivity index (χ0v) is 9.33. The summed E-state index contributed by atoms with van der Waals surface area (Å²) >= 11 is 5.72. The van der Waals surface area contributed by atoms with Crippen LogP contribution >= 0.6 is 11.6 Å². The van der Waals surface area contributed by atoms with Gasteiger partial charge in [0.25, 0.3) is 0 Å². The van der Waals surface area contributed by atoms with Gasteiger partial charge in [0.1, 0.15) is 0 Å². The number of benzene rings is 1. The third-order valence-electron chi connectivity index (χ3n) is 1.64. The Morgan fingerprint density at radius 2 is 2.00 bits per heavy atom. The third-order valence-corrected chi connectivity index (χ3v) is 1.87. The molecule has 0 fully saturated rings. The smallest absolute Gasteiger partial charge is 0.0812 e. The molecule has 2 N–H and O–H groups in total. The van der Waals surface area contributed by atoms with E-state index >= 15 is 0 Å². The number of aliphatic hydroxyl groups excluding tert-OH is 2. The Labute approximate surface area is 90.2 Å². The van der Waals surface area contributed by atoms with E-state index in [1.165, 1.54) is 0 Å². The molecule has 0 aliphatic heterocycles. The van der Waals surface area contributed by atoms with Crippen LogP contribution in [0.15, 0.2) is 24.3 Å². The number of hydrogen-bond donors (Lipinski definition) is 2. The molecule has 0 radical (unpaired) electrons. The normalized spacial score (nSPS) is 11.5. The Morgan fingerprint density at radius 1 is 1.36 bits per heavy atom. The monoisotopic (exact) mass is 216 g/mol. The highest BCUT2D eigenvalue weighted by Crippen LogP contribution is 2.19. The highest BCUT2D eigenvalue weighted by Gasteiger charge is 2.05. The molecule has 80 valence electrons. The van der Waals surface area contributed by atoms with Crippen molar-refractivity contribution in [1.29, 1.82) is 0 Å². The van der Waals surface area contributed by atoms with Gasteiger partial charge in [0.05, 0.1) is 6.10 Å². The zero-order valence-electron chi connectivity index (χ0n) is 8.57. The van der Waals surface area contributed by atoms with Crippen LogP contribution in [0.5, 0.6) is 0 Å². The molecule has 1 atom stereocenters. The van der Waals surface area contributed by atoms with E-state index in [9.17, 15) is 5.11 Å². The van der Waals surface area contributed by atoms with E-state index in [1.807, 2.05) is 13.8 Å². The maximum atomic E-state index is 9.43. The molecular formula is C11H17ClO2. The molecule has 0 heterocycles. The van der Waals surface area contributed by atoms with E-state index in [2.05, 4.69) is 0 Å². The van der Waals surface area contributed by atoms with Gasteiger partial charge in [-0.25, -0.2) is 0 Å². The average molecular weight is 217 g/mol. The SMILES string of the molecule is CC.OCCC(O)c1cccc(Cl)c1. The lowest BCUT2D eigenvalue weighted by Gasteiger charge is -2.08. The van der Waals surface area contributed by atoms with E-state index < -0.39 is 6.10 Å². The van der Waals surface area contributed by atoms with Crippen molar-refractivity contribution in [2.45, 2.75) is 26.4 Å². The third kappa shape index (κ3) is 4.61. The van der Waals surface area contributed by atoms with Crippen LogP contribution in [0, 0.1) is 0 Å².